The number of carbonyl (C=O) groups excluding carboxylic acids is 1. The lowest BCUT2D eigenvalue weighted by Gasteiger charge is -2.16. The van der Waals surface area contributed by atoms with Crippen LogP contribution in [0.15, 0.2) is 82.7 Å². The number of rotatable bonds is 6. The Hall–Kier alpha value is -4.05. The van der Waals surface area contributed by atoms with E-state index in [9.17, 15) is 24.1 Å². The van der Waals surface area contributed by atoms with E-state index in [0.717, 1.165) is 11.8 Å². The molecule has 1 atom stereocenters. The van der Waals surface area contributed by atoms with E-state index in [1.165, 1.54) is 47.0 Å². The summed E-state index contributed by atoms with van der Waals surface area (Å²) in [5.74, 6) is -0.868. The third-order valence-electron chi connectivity index (χ3n) is 4.81. The molecule has 1 amide bonds. The lowest BCUT2D eigenvalue weighted by molar-refractivity contribution is -0.384. The maximum Gasteiger partial charge on any atom is 0.271 e. The molecule has 0 saturated carbocycles. The van der Waals surface area contributed by atoms with Crippen molar-refractivity contribution in [2.45, 2.75) is 17.3 Å². The van der Waals surface area contributed by atoms with E-state index in [1.54, 1.807) is 37.3 Å². The van der Waals surface area contributed by atoms with Crippen molar-refractivity contribution in [1.82, 2.24) is 9.55 Å². The number of halogens is 1. The molecule has 1 heterocycles. The molecule has 0 saturated heterocycles. The van der Waals surface area contributed by atoms with Crippen LogP contribution in [-0.2, 0) is 4.79 Å². The fourth-order valence-corrected chi connectivity index (χ4v) is 4.09. The standard InChI is InChI=1S/C23H17FN4O4S/c1-14(21(29)25-16-5-4-6-18(13-16)28(31)32)33-23-26-20-8-3-2-7-19(20)22(30)27(23)17-11-9-15(24)10-12-17/h2-14H,1H3,(H,25,29). The first kappa shape index (κ1) is 22.2. The number of thioether (sulfide) groups is 1. The molecule has 0 bridgehead atoms. The number of nitro groups is 1. The predicted molar refractivity (Wildman–Crippen MR) is 124 cm³/mol. The topological polar surface area (TPSA) is 107 Å². The first-order valence-corrected chi connectivity index (χ1v) is 10.7. The highest BCUT2D eigenvalue weighted by molar-refractivity contribution is 8.00. The number of amides is 1. The number of nitrogens with zero attached hydrogens (tertiary/aromatic N) is 3. The Morgan fingerprint density at radius 3 is 2.58 bits per heavy atom. The number of hydrogen-bond donors (Lipinski definition) is 1. The van der Waals surface area contributed by atoms with Crippen LogP contribution in [0.2, 0.25) is 0 Å². The monoisotopic (exact) mass is 464 g/mol. The normalized spacial score (nSPS) is 11.8. The van der Waals surface area contributed by atoms with Crippen molar-refractivity contribution < 1.29 is 14.1 Å². The Bertz CT molecular complexity index is 1420. The predicted octanol–water partition coefficient (Wildman–Crippen LogP) is 4.55. The van der Waals surface area contributed by atoms with Crippen molar-refractivity contribution >= 4 is 39.9 Å². The highest BCUT2D eigenvalue weighted by Gasteiger charge is 2.21. The maximum absolute atomic E-state index is 13.5. The number of hydrogen-bond acceptors (Lipinski definition) is 6. The van der Waals surface area contributed by atoms with Gasteiger partial charge in [0.1, 0.15) is 5.82 Å². The molecule has 0 fully saturated rings. The average molecular weight is 464 g/mol. The van der Waals surface area contributed by atoms with Gasteiger partial charge in [0.2, 0.25) is 5.91 Å². The zero-order chi connectivity index (χ0) is 23.5. The summed E-state index contributed by atoms with van der Waals surface area (Å²) in [6.07, 6.45) is 0. The summed E-state index contributed by atoms with van der Waals surface area (Å²) in [6.45, 7) is 1.63. The summed E-state index contributed by atoms with van der Waals surface area (Å²) >= 11 is 1.05. The molecule has 166 valence electrons. The van der Waals surface area contributed by atoms with E-state index in [1.807, 2.05) is 0 Å². The number of non-ortho nitro benzene ring substituents is 1. The summed E-state index contributed by atoms with van der Waals surface area (Å²) in [4.78, 5) is 41.0. The number of benzene rings is 3. The molecular weight excluding hydrogens is 447 g/mol. The first-order valence-electron chi connectivity index (χ1n) is 9.83. The van der Waals surface area contributed by atoms with Gasteiger partial charge in [-0.15, -0.1) is 0 Å². The van der Waals surface area contributed by atoms with Crippen LogP contribution >= 0.6 is 11.8 Å². The third kappa shape index (κ3) is 4.75. The van der Waals surface area contributed by atoms with Crippen molar-refractivity contribution in [3.63, 3.8) is 0 Å². The van der Waals surface area contributed by atoms with Gasteiger partial charge in [0.05, 0.1) is 26.8 Å². The molecule has 1 N–H and O–H groups in total. The number of nitrogens with one attached hydrogen (secondary N) is 1. The minimum Gasteiger partial charge on any atom is -0.325 e. The number of aromatic nitrogens is 2. The van der Waals surface area contributed by atoms with E-state index in [-0.39, 0.29) is 22.1 Å². The Morgan fingerprint density at radius 1 is 1.12 bits per heavy atom. The Labute approximate surface area is 191 Å². The largest absolute Gasteiger partial charge is 0.325 e. The van der Waals surface area contributed by atoms with Crippen LogP contribution in [0.4, 0.5) is 15.8 Å². The maximum atomic E-state index is 13.5. The van der Waals surface area contributed by atoms with E-state index in [0.29, 0.717) is 16.6 Å². The summed E-state index contributed by atoms with van der Waals surface area (Å²) in [6, 6.07) is 17.8. The van der Waals surface area contributed by atoms with Crippen LogP contribution in [0.5, 0.6) is 0 Å². The average Bonchev–Trinajstić information content (AvgIpc) is 2.80. The number of carbonyl (C=O) groups is 1. The molecule has 0 spiro atoms. The van der Waals surface area contributed by atoms with Gasteiger partial charge >= 0.3 is 0 Å². The molecule has 8 nitrogen and oxygen atoms in total. The van der Waals surface area contributed by atoms with Gasteiger partial charge in [0.15, 0.2) is 5.16 Å². The third-order valence-corrected chi connectivity index (χ3v) is 5.86. The first-order chi connectivity index (χ1) is 15.8. The molecule has 0 aliphatic rings. The lowest BCUT2D eigenvalue weighted by atomic mass is 10.2. The van der Waals surface area contributed by atoms with E-state index in [2.05, 4.69) is 10.3 Å². The minimum atomic E-state index is -0.705. The van der Waals surface area contributed by atoms with E-state index >= 15 is 0 Å². The fraction of sp³-hybridized carbons (Fsp3) is 0.0870. The van der Waals surface area contributed by atoms with Crippen molar-refractivity contribution in [1.29, 1.82) is 0 Å². The van der Waals surface area contributed by atoms with E-state index < -0.39 is 21.9 Å². The Morgan fingerprint density at radius 2 is 1.85 bits per heavy atom. The molecule has 4 aromatic rings. The number of fused-ring (bicyclic) bond motifs is 1. The van der Waals surface area contributed by atoms with Crippen LogP contribution < -0.4 is 10.9 Å². The molecule has 1 unspecified atom stereocenters. The molecule has 0 aliphatic heterocycles. The summed E-state index contributed by atoms with van der Waals surface area (Å²) in [5.41, 5.74) is 0.669. The second kappa shape index (κ2) is 9.21. The van der Waals surface area contributed by atoms with Crippen LogP contribution in [0.3, 0.4) is 0 Å². The highest BCUT2D eigenvalue weighted by atomic mass is 32.2. The lowest BCUT2D eigenvalue weighted by Crippen LogP contribution is -2.26. The molecule has 0 radical (unpaired) electrons. The molecular formula is C23H17FN4O4S. The van der Waals surface area contributed by atoms with Crippen molar-refractivity contribution in [2.24, 2.45) is 0 Å². The van der Waals surface area contributed by atoms with Gasteiger partial charge in [-0.2, -0.15) is 0 Å². The van der Waals surface area contributed by atoms with Gasteiger partial charge in [-0.1, -0.05) is 30.0 Å². The number of para-hydroxylation sites is 1. The number of anilines is 1. The Kier molecular flexibility index (Phi) is 6.18. The number of nitro benzene ring substituents is 1. The zero-order valence-electron chi connectivity index (χ0n) is 17.3. The minimum absolute atomic E-state index is 0.144. The smallest absolute Gasteiger partial charge is 0.271 e. The van der Waals surface area contributed by atoms with Crippen molar-refractivity contribution in [3.8, 4) is 5.69 Å². The second-order valence-electron chi connectivity index (χ2n) is 7.09. The van der Waals surface area contributed by atoms with E-state index in [4.69, 9.17) is 0 Å². The molecule has 4 rings (SSSR count). The Balaban J connectivity index is 1.68. The van der Waals surface area contributed by atoms with Gasteiger partial charge < -0.3 is 5.32 Å². The van der Waals surface area contributed by atoms with Gasteiger partial charge in [-0.05, 0) is 49.4 Å². The zero-order valence-corrected chi connectivity index (χ0v) is 18.1. The van der Waals surface area contributed by atoms with Gasteiger partial charge in [0.25, 0.3) is 11.2 Å². The molecule has 3 aromatic carbocycles. The summed E-state index contributed by atoms with van der Waals surface area (Å²) < 4.78 is 14.8. The molecule has 0 aliphatic carbocycles. The van der Waals surface area contributed by atoms with Crippen LogP contribution in [0, 0.1) is 15.9 Å². The molecule has 1 aromatic heterocycles. The SMILES string of the molecule is CC(Sc1nc2ccccc2c(=O)n1-c1ccc(F)cc1)C(=O)Nc1cccc([N+](=O)[O-])c1. The van der Waals surface area contributed by atoms with Crippen molar-refractivity contribution in [2.75, 3.05) is 5.32 Å². The summed E-state index contributed by atoms with van der Waals surface area (Å²) in [7, 11) is 0. The quantitative estimate of drug-likeness (QED) is 0.194. The van der Waals surface area contributed by atoms with Gasteiger partial charge in [-0.3, -0.25) is 24.3 Å². The van der Waals surface area contributed by atoms with Gasteiger partial charge in [0, 0.05) is 17.8 Å². The fourth-order valence-electron chi connectivity index (χ4n) is 3.16. The van der Waals surface area contributed by atoms with Crippen LogP contribution in [0.1, 0.15) is 6.92 Å². The van der Waals surface area contributed by atoms with Crippen LogP contribution in [0.25, 0.3) is 16.6 Å². The summed E-state index contributed by atoms with van der Waals surface area (Å²) in [5, 5.41) is 13.6. The molecule has 33 heavy (non-hydrogen) atoms. The van der Waals surface area contributed by atoms with Crippen molar-refractivity contribution in [3.05, 3.63) is 99.1 Å². The second-order valence-corrected chi connectivity index (χ2v) is 8.39. The molecule has 10 heteroatoms. The van der Waals surface area contributed by atoms with Crippen LogP contribution in [-0.4, -0.2) is 25.6 Å². The van der Waals surface area contributed by atoms with Gasteiger partial charge in [-0.25, -0.2) is 9.37 Å². The highest BCUT2D eigenvalue weighted by Crippen LogP contribution is 2.26.